The van der Waals surface area contributed by atoms with Crippen LogP contribution in [0.4, 0.5) is 5.88 Å². The van der Waals surface area contributed by atoms with Gasteiger partial charge in [-0.05, 0) is 49.7 Å². The van der Waals surface area contributed by atoms with Crippen LogP contribution < -0.4 is 15.5 Å². The molecule has 1 aliphatic heterocycles. The quantitative estimate of drug-likeness (QED) is 0.620. The molecule has 3 aromatic rings. The third kappa shape index (κ3) is 4.80. The Hall–Kier alpha value is -2.87. The molecule has 0 aliphatic carbocycles. The molecular formula is C24H25ClN2O5. The van der Waals surface area contributed by atoms with Gasteiger partial charge >= 0.3 is 0 Å². The van der Waals surface area contributed by atoms with Crippen LogP contribution in [-0.4, -0.2) is 49.8 Å². The molecule has 1 N–H and O–H groups in total. The first-order valence-corrected chi connectivity index (χ1v) is 10.8. The average Bonchev–Trinajstić information content (AvgIpc) is 2.73. The van der Waals surface area contributed by atoms with E-state index in [0.29, 0.717) is 40.4 Å². The predicted octanol–water partition coefficient (Wildman–Crippen LogP) is 4.17. The zero-order valence-corrected chi connectivity index (χ0v) is 18.9. The summed E-state index contributed by atoms with van der Waals surface area (Å²) >= 11 is 6.11. The first kappa shape index (κ1) is 22.3. The van der Waals surface area contributed by atoms with Gasteiger partial charge in [0.1, 0.15) is 11.3 Å². The number of halogens is 1. The van der Waals surface area contributed by atoms with Crippen molar-refractivity contribution >= 4 is 34.4 Å². The Bertz CT molecular complexity index is 1200. The summed E-state index contributed by atoms with van der Waals surface area (Å²) in [5.41, 5.74) is 0.875. The van der Waals surface area contributed by atoms with E-state index in [4.69, 9.17) is 25.5 Å². The van der Waals surface area contributed by atoms with E-state index in [-0.39, 0.29) is 41.5 Å². The fourth-order valence-corrected chi connectivity index (χ4v) is 4.25. The Morgan fingerprint density at radius 1 is 1.19 bits per heavy atom. The van der Waals surface area contributed by atoms with Crippen LogP contribution in [0.25, 0.3) is 22.1 Å². The Morgan fingerprint density at radius 3 is 2.66 bits per heavy atom. The van der Waals surface area contributed by atoms with Crippen molar-refractivity contribution in [1.29, 1.82) is 0 Å². The highest BCUT2D eigenvalue weighted by atomic mass is 35.5. The fourth-order valence-electron chi connectivity index (χ4n) is 4.08. The number of methoxy groups -OCH3 is 1. The summed E-state index contributed by atoms with van der Waals surface area (Å²) in [7, 11) is 1.55. The van der Waals surface area contributed by atoms with Crippen LogP contribution in [0.2, 0.25) is 5.02 Å². The minimum Gasteiger partial charge on any atom is -0.497 e. The molecule has 2 heterocycles. The van der Waals surface area contributed by atoms with Crippen molar-refractivity contribution in [2.45, 2.75) is 26.1 Å². The number of hydrogen-bond donors (Lipinski definition) is 1. The zero-order valence-electron chi connectivity index (χ0n) is 18.2. The lowest BCUT2D eigenvalue weighted by Crippen LogP contribution is -2.48. The number of ether oxygens (including phenoxy) is 2. The highest BCUT2D eigenvalue weighted by Crippen LogP contribution is 2.31. The third-order valence-corrected chi connectivity index (χ3v) is 5.56. The maximum absolute atomic E-state index is 13.4. The standard InChI is InChI=1S/C24H25ClN2O5/c1-14-11-27(12-15(2)31-14)13-21(28)26-24-22(16-5-4-6-18(9-16)30-3)23(29)19-10-17(25)7-8-20(19)32-24/h4-10,14-15H,11-13H2,1-3H3,(H,26,28)/t14-,15+. The summed E-state index contributed by atoms with van der Waals surface area (Å²) in [5.74, 6) is 0.408. The number of benzene rings is 2. The van der Waals surface area contributed by atoms with E-state index in [1.165, 1.54) is 0 Å². The lowest BCUT2D eigenvalue weighted by atomic mass is 10.0. The molecule has 1 saturated heterocycles. The highest BCUT2D eigenvalue weighted by Gasteiger charge is 2.25. The highest BCUT2D eigenvalue weighted by molar-refractivity contribution is 6.31. The monoisotopic (exact) mass is 456 g/mol. The smallest absolute Gasteiger partial charge is 0.240 e. The summed E-state index contributed by atoms with van der Waals surface area (Å²) in [6, 6.07) is 11.9. The second-order valence-electron chi connectivity index (χ2n) is 8.01. The number of rotatable bonds is 5. The van der Waals surface area contributed by atoms with Crippen LogP contribution in [0.15, 0.2) is 51.7 Å². The number of fused-ring (bicyclic) bond motifs is 1. The van der Waals surface area contributed by atoms with Gasteiger partial charge in [-0.1, -0.05) is 23.7 Å². The van der Waals surface area contributed by atoms with Crippen LogP contribution in [0.3, 0.4) is 0 Å². The number of nitrogens with zero attached hydrogens (tertiary/aromatic N) is 1. The minimum absolute atomic E-state index is 0.0437. The van der Waals surface area contributed by atoms with Gasteiger partial charge in [0.05, 0.1) is 36.8 Å². The number of hydrogen-bond acceptors (Lipinski definition) is 6. The van der Waals surface area contributed by atoms with Crippen LogP contribution >= 0.6 is 11.6 Å². The van der Waals surface area contributed by atoms with Crippen molar-refractivity contribution < 1.29 is 18.7 Å². The molecule has 0 bridgehead atoms. The minimum atomic E-state index is -0.286. The molecule has 168 valence electrons. The number of carbonyl (C=O) groups is 1. The number of amides is 1. The van der Waals surface area contributed by atoms with E-state index < -0.39 is 0 Å². The molecule has 1 fully saturated rings. The molecule has 0 unspecified atom stereocenters. The van der Waals surface area contributed by atoms with E-state index in [0.717, 1.165) is 0 Å². The van der Waals surface area contributed by atoms with Gasteiger partial charge in [-0.3, -0.25) is 19.8 Å². The van der Waals surface area contributed by atoms with Gasteiger partial charge in [0.25, 0.3) is 0 Å². The van der Waals surface area contributed by atoms with Crippen LogP contribution in [0.5, 0.6) is 5.75 Å². The van der Waals surface area contributed by atoms with Crippen molar-refractivity contribution in [1.82, 2.24) is 4.90 Å². The van der Waals surface area contributed by atoms with Crippen molar-refractivity contribution in [3.8, 4) is 16.9 Å². The van der Waals surface area contributed by atoms with Crippen molar-refractivity contribution in [3.63, 3.8) is 0 Å². The van der Waals surface area contributed by atoms with Gasteiger partial charge in [0, 0.05) is 18.1 Å². The second kappa shape index (κ2) is 9.32. The summed E-state index contributed by atoms with van der Waals surface area (Å²) in [5, 5.41) is 3.57. The van der Waals surface area contributed by atoms with E-state index in [1.54, 1.807) is 49.6 Å². The van der Waals surface area contributed by atoms with Crippen molar-refractivity contribution in [2.24, 2.45) is 0 Å². The molecule has 2 aromatic carbocycles. The van der Waals surface area contributed by atoms with Gasteiger partial charge in [-0.25, -0.2) is 0 Å². The van der Waals surface area contributed by atoms with Gasteiger partial charge < -0.3 is 13.9 Å². The Morgan fingerprint density at radius 2 is 1.94 bits per heavy atom. The van der Waals surface area contributed by atoms with Crippen LogP contribution in [0, 0.1) is 0 Å². The molecule has 1 aromatic heterocycles. The molecule has 8 heteroatoms. The number of morpholine rings is 1. The molecule has 32 heavy (non-hydrogen) atoms. The van der Waals surface area contributed by atoms with Gasteiger partial charge in [-0.15, -0.1) is 0 Å². The first-order valence-electron chi connectivity index (χ1n) is 10.4. The van der Waals surface area contributed by atoms with E-state index in [9.17, 15) is 9.59 Å². The predicted molar refractivity (Wildman–Crippen MR) is 125 cm³/mol. The summed E-state index contributed by atoms with van der Waals surface area (Å²) < 4.78 is 17.0. The number of anilines is 1. The summed E-state index contributed by atoms with van der Waals surface area (Å²) in [4.78, 5) is 28.3. The molecule has 4 rings (SSSR count). The van der Waals surface area contributed by atoms with Crippen LogP contribution in [-0.2, 0) is 9.53 Å². The third-order valence-electron chi connectivity index (χ3n) is 5.33. The Kier molecular flexibility index (Phi) is 6.50. The van der Waals surface area contributed by atoms with Gasteiger partial charge in [-0.2, -0.15) is 0 Å². The van der Waals surface area contributed by atoms with Crippen LogP contribution in [0.1, 0.15) is 13.8 Å². The van der Waals surface area contributed by atoms with E-state index in [1.807, 2.05) is 18.7 Å². The molecule has 7 nitrogen and oxygen atoms in total. The number of nitrogens with one attached hydrogen (secondary N) is 1. The maximum atomic E-state index is 13.4. The fraction of sp³-hybridized carbons (Fsp3) is 0.333. The lowest BCUT2D eigenvalue weighted by Gasteiger charge is -2.34. The maximum Gasteiger partial charge on any atom is 0.240 e. The second-order valence-corrected chi connectivity index (χ2v) is 8.44. The zero-order chi connectivity index (χ0) is 22.8. The SMILES string of the molecule is COc1cccc(-c2c(NC(=O)CN3C[C@@H](C)O[C@@H](C)C3)oc3ccc(Cl)cc3c2=O)c1. The molecule has 1 aliphatic rings. The molecule has 2 atom stereocenters. The molecule has 1 amide bonds. The Labute approximate surface area is 190 Å². The topological polar surface area (TPSA) is 81.0 Å². The summed E-state index contributed by atoms with van der Waals surface area (Å²) in [6.45, 7) is 5.43. The average molecular weight is 457 g/mol. The van der Waals surface area contributed by atoms with Crippen molar-refractivity contribution in [3.05, 3.63) is 57.7 Å². The first-order chi connectivity index (χ1) is 15.3. The Balaban J connectivity index is 1.73. The molecule has 0 saturated carbocycles. The van der Waals surface area contributed by atoms with Gasteiger partial charge in [0.2, 0.25) is 17.2 Å². The summed E-state index contributed by atoms with van der Waals surface area (Å²) in [6.07, 6.45) is 0.0875. The van der Waals surface area contributed by atoms with Gasteiger partial charge in [0.15, 0.2) is 0 Å². The molecule has 0 spiro atoms. The normalized spacial score (nSPS) is 19.1. The van der Waals surface area contributed by atoms with E-state index >= 15 is 0 Å². The van der Waals surface area contributed by atoms with Crippen molar-refractivity contribution in [2.75, 3.05) is 32.1 Å². The molecular weight excluding hydrogens is 432 g/mol. The largest absolute Gasteiger partial charge is 0.497 e. The van der Waals surface area contributed by atoms with E-state index in [2.05, 4.69) is 5.32 Å². The molecule has 0 radical (unpaired) electrons. The lowest BCUT2D eigenvalue weighted by molar-refractivity contribution is -0.121. The number of carbonyl (C=O) groups excluding carboxylic acids is 1.